The number of rotatable bonds is 5. The second kappa shape index (κ2) is 7.89. The molecule has 0 radical (unpaired) electrons. The number of carbonyl (C=O) groups excluding carboxylic acids is 1. The number of ether oxygens (including phenoxy) is 1. The fourth-order valence-corrected chi connectivity index (χ4v) is 4.57. The molecule has 0 aliphatic carbocycles. The van der Waals surface area contributed by atoms with Gasteiger partial charge in [-0.2, -0.15) is 0 Å². The van der Waals surface area contributed by atoms with Crippen LogP contribution in [0.5, 0.6) is 0 Å². The van der Waals surface area contributed by atoms with Crippen LogP contribution in [-0.4, -0.2) is 31.9 Å². The molecule has 0 aliphatic heterocycles. The van der Waals surface area contributed by atoms with E-state index < -0.39 is 4.75 Å². The molecular weight excluding hydrogens is 410 g/mol. The molecule has 4 rings (SSSR count). The molecule has 0 atom stereocenters. The number of esters is 1. The van der Waals surface area contributed by atoms with Gasteiger partial charge in [-0.05, 0) is 57.9 Å². The van der Waals surface area contributed by atoms with E-state index in [0.717, 1.165) is 27.7 Å². The molecule has 1 N–H and O–H groups in total. The first-order valence-electron chi connectivity index (χ1n) is 10.2. The Morgan fingerprint density at radius 1 is 1.19 bits per heavy atom. The molecule has 0 fully saturated rings. The number of aromatic nitrogens is 3. The Morgan fingerprint density at radius 2 is 1.94 bits per heavy atom. The van der Waals surface area contributed by atoms with E-state index in [0.29, 0.717) is 22.8 Å². The van der Waals surface area contributed by atoms with Gasteiger partial charge >= 0.3 is 5.97 Å². The first-order chi connectivity index (χ1) is 14.7. The Hall–Kier alpha value is -3.06. The summed E-state index contributed by atoms with van der Waals surface area (Å²) in [6.45, 7) is 9.59. The second-order valence-electron chi connectivity index (χ2n) is 8.05. The number of fused-ring (bicyclic) bond motifs is 3. The third-order valence-electron chi connectivity index (χ3n) is 5.21. The quantitative estimate of drug-likeness (QED) is 0.274. The van der Waals surface area contributed by atoms with E-state index in [1.807, 2.05) is 56.3 Å². The van der Waals surface area contributed by atoms with E-state index in [1.165, 1.54) is 11.8 Å². The summed E-state index contributed by atoms with van der Waals surface area (Å²) < 4.78 is 5.94. The minimum absolute atomic E-state index is 0.197. The summed E-state index contributed by atoms with van der Waals surface area (Å²) in [5.41, 5.74) is 4.43. The zero-order chi connectivity index (χ0) is 22.3. The molecule has 4 aromatic rings. The Balaban J connectivity index is 2.04. The van der Waals surface area contributed by atoms with E-state index in [1.54, 1.807) is 25.3 Å². The van der Waals surface area contributed by atoms with Crippen molar-refractivity contribution >= 4 is 39.7 Å². The number of aryl methyl sites for hydroxylation is 2. The van der Waals surface area contributed by atoms with Crippen molar-refractivity contribution < 1.29 is 9.53 Å². The summed E-state index contributed by atoms with van der Waals surface area (Å²) in [5, 5.41) is 1.33. The third kappa shape index (κ3) is 3.74. The van der Waals surface area contributed by atoms with Crippen LogP contribution in [-0.2, 0) is 9.53 Å². The molecule has 2 aromatic carbocycles. The van der Waals surface area contributed by atoms with Gasteiger partial charge in [-0.25, -0.2) is 4.98 Å². The van der Waals surface area contributed by atoms with Crippen LogP contribution in [0.25, 0.3) is 27.6 Å². The predicted octanol–water partition coefficient (Wildman–Crippen LogP) is 4.92. The highest BCUT2D eigenvalue weighted by Gasteiger charge is 2.33. The highest BCUT2D eigenvalue weighted by molar-refractivity contribution is 8.01. The molecular formula is C24H25N3O3S. The molecule has 0 spiro atoms. The summed E-state index contributed by atoms with van der Waals surface area (Å²) in [6, 6.07) is 13.7. The largest absolute Gasteiger partial charge is 0.465 e. The Labute approximate surface area is 184 Å². The van der Waals surface area contributed by atoms with E-state index >= 15 is 0 Å². The number of hydrogen-bond donors (Lipinski definition) is 1. The van der Waals surface area contributed by atoms with Gasteiger partial charge in [0.25, 0.3) is 5.56 Å². The van der Waals surface area contributed by atoms with Crippen molar-refractivity contribution in [2.45, 2.75) is 44.5 Å². The molecule has 7 heteroatoms. The van der Waals surface area contributed by atoms with Crippen molar-refractivity contribution in [3.8, 4) is 5.69 Å². The first-order valence-corrected chi connectivity index (χ1v) is 11.0. The Bertz CT molecular complexity index is 1370. The van der Waals surface area contributed by atoms with Crippen molar-refractivity contribution in [2.75, 3.05) is 6.61 Å². The van der Waals surface area contributed by atoms with Crippen LogP contribution in [0.4, 0.5) is 0 Å². The minimum atomic E-state index is -0.922. The first kappa shape index (κ1) is 21.2. The lowest BCUT2D eigenvalue weighted by atomic mass is 10.1. The summed E-state index contributed by atoms with van der Waals surface area (Å²) >= 11 is 1.23. The van der Waals surface area contributed by atoms with Crippen molar-refractivity contribution in [3.63, 3.8) is 0 Å². The number of aromatic amines is 1. The molecule has 31 heavy (non-hydrogen) atoms. The maximum absolute atomic E-state index is 13.7. The number of benzene rings is 2. The fraction of sp³-hybridized carbons (Fsp3) is 0.292. The SMILES string of the molecule is CCOC(=O)C(C)(C)Sc1nc2c([nH]c3ccccc32)c(=O)n1-c1cc(C)ccc1C. The molecule has 2 aromatic heterocycles. The number of hydrogen-bond acceptors (Lipinski definition) is 5. The van der Waals surface area contributed by atoms with Gasteiger partial charge in [-0.3, -0.25) is 14.2 Å². The third-order valence-corrected chi connectivity index (χ3v) is 6.35. The van der Waals surface area contributed by atoms with Gasteiger partial charge < -0.3 is 9.72 Å². The number of thioether (sulfide) groups is 1. The number of nitrogens with one attached hydrogen (secondary N) is 1. The molecule has 0 saturated heterocycles. The van der Waals surface area contributed by atoms with Crippen molar-refractivity contribution in [1.82, 2.24) is 14.5 Å². The van der Waals surface area contributed by atoms with Crippen molar-refractivity contribution in [3.05, 3.63) is 63.9 Å². The van der Waals surface area contributed by atoms with E-state index in [4.69, 9.17) is 9.72 Å². The number of para-hydroxylation sites is 1. The molecule has 2 heterocycles. The standard InChI is InChI=1S/C24H25N3O3S/c1-6-30-22(29)24(4,5)31-23-26-19-16-9-7-8-10-17(16)25-20(19)21(28)27(23)18-13-14(2)11-12-15(18)3/h7-13,25H,6H2,1-5H3. The number of carbonyl (C=O) groups is 1. The van der Waals surface area contributed by atoms with Crippen LogP contribution < -0.4 is 5.56 Å². The molecule has 0 amide bonds. The Morgan fingerprint density at radius 3 is 2.68 bits per heavy atom. The van der Waals surface area contributed by atoms with Gasteiger partial charge in [0.05, 0.1) is 12.3 Å². The van der Waals surface area contributed by atoms with E-state index in [2.05, 4.69) is 4.98 Å². The average molecular weight is 436 g/mol. The van der Waals surface area contributed by atoms with Gasteiger partial charge in [0.1, 0.15) is 15.8 Å². The Kier molecular flexibility index (Phi) is 5.39. The van der Waals surface area contributed by atoms with E-state index in [-0.39, 0.29) is 11.5 Å². The molecule has 0 unspecified atom stereocenters. The zero-order valence-corrected chi connectivity index (χ0v) is 19.1. The average Bonchev–Trinajstić information content (AvgIpc) is 3.09. The van der Waals surface area contributed by atoms with Gasteiger partial charge in [0, 0.05) is 10.9 Å². The van der Waals surface area contributed by atoms with Crippen LogP contribution >= 0.6 is 11.8 Å². The highest BCUT2D eigenvalue weighted by Crippen LogP contribution is 2.35. The van der Waals surface area contributed by atoms with Crippen LogP contribution in [0.2, 0.25) is 0 Å². The van der Waals surface area contributed by atoms with Gasteiger partial charge in [0.15, 0.2) is 5.16 Å². The lowest BCUT2D eigenvalue weighted by molar-refractivity contribution is -0.145. The monoisotopic (exact) mass is 435 g/mol. The highest BCUT2D eigenvalue weighted by atomic mass is 32.2. The maximum atomic E-state index is 13.7. The van der Waals surface area contributed by atoms with Gasteiger partial charge in [-0.15, -0.1) is 0 Å². The summed E-state index contributed by atoms with van der Waals surface area (Å²) in [4.78, 5) is 34.4. The number of H-pyrrole nitrogens is 1. The second-order valence-corrected chi connectivity index (χ2v) is 9.64. The summed E-state index contributed by atoms with van der Waals surface area (Å²) in [6.07, 6.45) is 0. The summed E-state index contributed by atoms with van der Waals surface area (Å²) in [5.74, 6) is -0.346. The van der Waals surface area contributed by atoms with Gasteiger partial charge in [-0.1, -0.05) is 42.1 Å². The number of nitrogens with zero attached hydrogens (tertiary/aromatic N) is 2. The van der Waals surface area contributed by atoms with Crippen LogP contribution in [0.15, 0.2) is 52.4 Å². The smallest absolute Gasteiger partial charge is 0.322 e. The van der Waals surface area contributed by atoms with E-state index in [9.17, 15) is 9.59 Å². The molecule has 0 aliphatic rings. The molecule has 0 saturated carbocycles. The lowest BCUT2D eigenvalue weighted by Crippen LogP contribution is -2.32. The molecule has 6 nitrogen and oxygen atoms in total. The van der Waals surface area contributed by atoms with Crippen LogP contribution in [0, 0.1) is 13.8 Å². The van der Waals surface area contributed by atoms with Crippen molar-refractivity contribution in [2.24, 2.45) is 0 Å². The topological polar surface area (TPSA) is 77.0 Å². The van der Waals surface area contributed by atoms with Crippen LogP contribution in [0.1, 0.15) is 31.9 Å². The fourth-order valence-electron chi connectivity index (χ4n) is 3.56. The lowest BCUT2D eigenvalue weighted by Gasteiger charge is -2.23. The zero-order valence-electron chi connectivity index (χ0n) is 18.3. The predicted molar refractivity (Wildman–Crippen MR) is 125 cm³/mol. The van der Waals surface area contributed by atoms with Crippen LogP contribution in [0.3, 0.4) is 0 Å². The maximum Gasteiger partial charge on any atom is 0.322 e. The normalized spacial score (nSPS) is 11.9. The van der Waals surface area contributed by atoms with Crippen molar-refractivity contribution in [1.29, 1.82) is 0 Å². The van der Waals surface area contributed by atoms with Gasteiger partial charge in [0.2, 0.25) is 0 Å². The molecule has 0 bridgehead atoms. The molecule has 160 valence electrons. The summed E-state index contributed by atoms with van der Waals surface area (Å²) in [7, 11) is 0. The minimum Gasteiger partial charge on any atom is -0.465 e.